The van der Waals surface area contributed by atoms with Gasteiger partial charge in [0.1, 0.15) is 11.4 Å². The first kappa shape index (κ1) is 17.4. The quantitative estimate of drug-likeness (QED) is 0.628. The average molecular weight is 359 g/mol. The molecule has 2 heterocycles. The molecule has 0 amide bonds. The van der Waals surface area contributed by atoms with Crippen LogP contribution in [0.2, 0.25) is 0 Å². The van der Waals surface area contributed by atoms with Gasteiger partial charge in [-0.1, -0.05) is 0 Å². The summed E-state index contributed by atoms with van der Waals surface area (Å²) < 4.78 is 34.6. The van der Waals surface area contributed by atoms with Gasteiger partial charge in [-0.2, -0.15) is 0 Å². The van der Waals surface area contributed by atoms with Crippen LogP contribution in [0.25, 0.3) is 11.0 Å². The first-order valence-electron chi connectivity index (χ1n) is 8.22. The normalized spacial score (nSPS) is 11.7. The van der Waals surface area contributed by atoms with E-state index in [-0.39, 0.29) is 4.90 Å². The minimum atomic E-state index is -3.51. The van der Waals surface area contributed by atoms with Crippen LogP contribution in [-0.2, 0) is 16.6 Å². The number of hydrogen-bond acceptors (Lipinski definition) is 4. The first-order chi connectivity index (χ1) is 12.1. The number of sulfonamides is 1. The van der Waals surface area contributed by atoms with Gasteiger partial charge in [-0.05, 0) is 55.8 Å². The molecule has 7 heteroatoms. The highest BCUT2D eigenvalue weighted by atomic mass is 32.2. The minimum Gasteiger partial charge on any atom is -0.494 e. The van der Waals surface area contributed by atoms with Crippen LogP contribution >= 0.6 is 0 Å². The number of rotatable bonds is 8. The molecule has 0 saturated carbocycles. The third-order valence-electron chi connectivity index (χ3n) is 3.84. The number of benzene rings is 1. The van der Waals surface area contributed by atoms with E-state index in [0.29, 0.717) is 31.9 Å². The monoisotopic (exact) mass is 359 g/mol. The SMILES string of the molecule is CCOc1ccc(S(=O)(=O)NCCCn2ccc3cccnc32)cc1. The summed E-state index contributed by atoms with van der Waals surface area (Å²) in [5, 5.41) is 1.08. The molecular formula is C18H21N3O3S. The smallest absolute Gasteiger partial charge is 0.240 e. The van der Waals surface area contributed by atoms with Gasteiger partial charge in [-0.15, -0.1) is 0 Å². The first-order valence-corrected chi connectivity index (χ1v) is 9.71. The highest BCUT2D eigenvalue weighted by Gasteiger charge is 2.13. The molecule has 3 aromatic rings. The third kappa shape index (κ3) is 4.18. The zero-order chi connectivity index (χ0) is 17.7. The van der Waals surface area contributed by atoms with Crippen LogP contribution in [0.5, 0.6) is 5.75 Å². The Morgan fingerprint density at radius 2 is 1.96 bits per heavy atom. The van der Waals surface area contributed by atoms with Crippen LogP contribution in [0.3, 0.4) is 0 Å². The lowest BCUT2D eigenvalue weighted by Crippen LogP contribution is -2.25. The average Bonchev–Trinajstić information content (AvgIpc) is 3.03. The Balaban J connectivity index is 1.55. The van der Waals surface area contributed by atoms with Crippen molar-refractivity contribution in [3.05, 3.63) is 54.9 Å². The highest BCUT2D eigenvalue weighted by Crippen LogP contribution is 2.16. The van der Waals surface area contributed by atoms with Crippen molar-refractivity contribution in [1.82, 2.24) is 14.3 Å². The molecule has 0 atom stereocenters. The van der Waals surface area contributed by atoms with E-state index < -0.39 is 10.0 Å². The fraction of sp³-hybridized carbons (Fsp3) is 0.278. The lowest BCUT2D eigenvalue weighted by Gasteiger charge is -2.09. The van der Waals surface area contributed by atoms with Gasteiger partial charge in [-0.25, -0.2) is 18.1 Å². The van der Waals surface area contributed by atoms with Crippen molar-refractivity contribution in [3.63, 3.8) is 0 Å². The highest BCUT2D eigenvalue weighted by molar-refractivity contribution is 7.89. The molecule has 0 aliphatic rings. The number of hydrogen-bond donors (Lipinski definition) is 1. The van der Waals surface area contributed by atoms with Gasteiger partial charge >= 0.3 is 0 Å². The van der Waals surface area contributed by atoms with Gasteiger partial charge in [0.2, 0.25) is 10.0 Å². The molecular weight excluding hydrogens is 338 g/mol. The van der Waals surface area contributed by atoms with Crippen molar-refractivity contribution in [2.24, 2.45) is 0 Å². The summed E-state index contributed by atoms with van der Waals surface area (Å²) in [7, 11) is -3.51. The third-order valence-corrected chi connectivity index (χ3v) is 5.31. The molecule has 0 radical (unpaired) electrons. The van der Waals surface area contributed by atoms with Crippen LogP contribution in [0.15, 0.2) is 59.8 Å². The topological polar surface area (TPSA) is 73.2 Å². The standard InChI is InChI=1S/C18H21N3O3S/c1-2-24-16-6-8-17(9-7-16)25(22,23)20-12-4-13-21-14-10-15-5-3-11-19-18(15)21/h3,5-11,14,20H,2,4,12-13H2,1H3. The van der Waals surface area contributed by atoms with Gasteiger partial charge in [-0.3, -0.25) is 0 Å². The van der Waals surface area contributed by atoms with E-state index in [1.807, 2.05) is 35.9 Å². The second-order valence-corrected chi connectivity index (χ2v) is 7.35. The van der Waals surface area contributed by atoms with E-state index >= 15 is 0 Å². The van der Waals surface area contributed by atoms with Crippen LogP contribution in [0.4, 0.5) is 0 Å². The summed E-state index contributed by atoms with van der Waals surface area (Å²) in [5.41, 5.74) is 0.914. The lowest BCUT2D eigenvalue weighted by atomic mass is 10.3. The molecule has 0 saturated heterocycles. The van der Waals surface area contributed by atoms with E-state index in [1.165, 1.54) is 0 Å². The van der Waals surface area contributed by atoms with E-state index in [2.05, 4.69) is 9.71 Å². The molecule has 0 bridgehead atoms. The number of ether oxygens (including phenoxy) is 1. The van der Waals surface area contributed by atoms with Crippen LogP contribution < -0.4 is 9.46 Å². The van der Waals surface area contributed by atoms with E-state index in [9.17, 15) is 8.42 Å². The number of fused-ring (bicyclic) bond motifs is 1. The molecule has 2 aromatic heterocycles. The molecule has 3 rings (SSSR count). The zero-order valence-corrected chi connectivity index (χ0v) is 14.9. The molecule has 1 aromatic carbocycles. The summed E-state index contributed by atoms with van der Waals surface area (Å²) >= 11 is 0. The fourth-order valence-electron chi connectivity index (χ4n) is 2.62. The fourth-order valence-corrected chi connectivity index (χ4v) is 3.70. The second kappa shape index (κ2) is 7.67. The van der Waals surface area contributed by atoms with Gasteiger partial charge in [0.25, 0.3) is 0 Å². The Kier molecular flexibility index (Phi) is 5.35. The van der Waals surface area contributed by atoms with Gasteiger partial charge in [0, 0.05) is 30.9 Å². The van der Waals surface area contributed by atoms with Gasteiger partial charge in [0.15, 0.2) is 0 Å². The van der Waals surface area contributed by atoms with Crippen molar-refractivity contribution in [1.29, 1.82) is 0 Å². The summed E-state index contributed by atoms with van der Waals surface area (Å²) in [6.45, 7) is 3.50. The van der Waals surface area contributed by atoms with Crippen molar-refractivity contribution in [2.45, 2.75) is 24.8 Å². The second-order valence-electron chi connectivity index (χ2n) is 5.58. The Morgan fingerprint density at radius 1 is 1.16 bits per heavy atom. The minimum absolute atomic E-state index is 0.240. The summed E-state index contributed by atoms with van der Waals surface area (Å²) in [5.74, 6) is 0.661. The summed E-state index contributed by atoms with van der Waals surface area (Å²) in [6.07, 6.45) is 4.41. The summed E-state index contributed by atoms with van der Waals surface area (Å²) in [4.78, 5) is 4.59. The van der Waals surface area contributed by atoms with Crippen molar-refractivity contribution in [3.8, 4) is 5.75 Å². The maximum absolute atomic E-state index is 12.3. The maximum Gasteiger partial charge on any atom is 0.240 e. The Bertz CT molecular complexity index is 934. The number of nitrogens with zero attached hydrogens (tertiary/aromatic N) is 2. The van der Waals surface area contributed by atoms with Crippen molar-refractivity contribution in [2.75, 3.05) is 13.2 Å². The molecule has 0 fully saturated rings. The molecule has 0 spiro atoms. The molecule has 132 valence electrons. The number of aromatic nitrogens is 2. The predicted octanol–water partition coefficient (Wildman–Crippen LogP) is 2.80. The van der Waals surface area contributed by atoms with E-state index in [4.69, 9.17) is 4.74 Å². The molecule has 0 unspecified atom stereocenters. The summed E-state index contributed by atoms with van der Waals surface area (Å²) in [6, 6.07) is 12.3. The van der Waals surface area contributed by atoms with Crippen LogP contribution in [-0.4, -0.2) is 31.1 Å². The number of nitrogens with one attached hydrogen (secondary N) is 1. The Morgan fingerprint density at radius 3 is 2.72 bits per heavy atom. The largest absolute Gasteiger partial charge is 0.494 e. The van der Waals surface area contributed by atoms with Crippen molar-refractivity contribution < 1.29 is 13.2 Å². The predicted molar refractivity (Wildman–Crippen MR) is 97.1 cm³/mol. The maximum atomic E-state index is 12.3. The molecule has 25 heavy (non-hydrogen) atoms. The van der Waals surface area contributed by atoms with Gasteiger partial charge in [0.05, 0.1) is 11.5 Å². The molecule has 0 aliphatic heterocycles. The molecule has 6 nitrogen and oxygen atoms in total. The Hall–Kier alpha value is -2.38. The van der Waals surface area contributed by atoms with E-state index in [0.717, 1.165) is 11.0 Å². The molecule has 0 aliphatic carbocycles. The molecule has 1 N–H and O–H groups in total. The van der Waals surface area contributed by atoms with Gasteiger partial charge < -0.3 is 9.30 Å². The van der Waals surface area contributed by atoms with Crippen molar-refractivity contribution >= 4 is 21.1 Å². The zero-order valence-electron chi connectivity index (χ0n) is 14.1. The van der Waals surface area contributed by atoms with Crippen LogP contribution in [0.1, 0.15) is 13.3 Å². The number of pyridine rings is 1. The van der Waals surface area contributed by atoms with Crippen LogP contribution in [0, 0.1) is 0 Å². The Labute approximate surface area is 147 Å². The lowest BCUT2D eigenvalue weighted by molar-refractivity contribution is 0.340. The number of aryl methyl sites for hydroxylation is 1. The van der Waals surface area contributed by atoms with E-state index in [1.54, 1.807) is 30.5 Å².